The number of hydrogen-bond acceptors (Lipinski definition) is 6. The Morgan fingerprint density at radius 3 is 2.25 bits per heavy atom. The zero-order chi connectivity index (χ0) is 13.0. The van der Waals surface area contributed by atoms with E-state index in [0.717, 1.165) is 14.0 Å². The van der Waals surface area contributed by atoms with Gasteiger partial charge in [-0.25, -0.2) is 4.79 Å². The van der Waals surface area contributed by atoms with Gasteiger partial charge in [0.05, 0.1) is 7.11 Å². The van der Waals surface area contributed by atoms with Crippen molar-refractivity contribution >= 4 is 16.3 Å². The number of alkyl halides is 3. The van der Waals surface area contributed by atoms with Crippen molar-refractivity contribution in [3.05, 3.63) is 0 Å². The van der Waals surface area contributed by atoms with Gasteiger partial charge in [0.25, 0.3) is 0 Å². The van der Waals surface area contributed by atoms with E-state index in [1.54, 1.807) is 0 Å². The van der Waals surface area contributed by atoms with Crippen LogP contribution >= 0.6 is 0 Å². The maximum atomic E-state index is 11.8. The second-order valence-corrected chi connectivity index (χ2v) is 4.14. The summed E-state index contributed by atoms with van der Waals surface area (Å²) in [5.74, 6) is 0. The van der Waals surface area contributed by atoms with Crippen molar-refractivity contribution in [2.24, 2.45) is 0 Å². The van der Waals surface area contributed by atoms with E-state index in [4.69, 9.17) is 0 Å². The predicted molar refractivity (Wildman–Crippen MR) is 43.9 cm³/mol. The van der Waals surface area contributed by atoms with Crippen LogP contribution in [-0.2, 0) is 23.8 Å². The number of methoxy groups -OCH3 is 1. The molecule has 0 fully saturated rings. The Bertz CT molecular complexity index is 335. The highest BCUT2D eigenvalue weighted by molar-refractivity contribution is 7.87. The second-order valence-electron chi connectivity index (χ2n) is 2.57. The third-order valence-corrected chi connectivity index (χ3v) is 2.33. The van der Waals surface area contributed by atoms with Gasteiger partial charge in [-0.15, -0.1) is 0 Å². The Balaban J connectivity index is 4.26. The highest BCUT2D eigenvalue weighted by atomic mass is 32.2. The summed E-state index contributed by atoms with van der Waals surface area (Å²) in [6.45, 7) is 0.314. The summed E-state index contributed by atoms with van der Waals surface area (Å²) in [6.07, 6.45) is -2.62. The maximum absolute atomic E-state index is 11.8. The van der Waals surface area contributed by atoms with Crippen LogP contribution in [0.25, 0.3) is 0 Å². The Hall–Kier alpha value is -1.03. The number of ether oxygens (including phenoxy) is 2. The van der Waals surface area contributed by atoms with Gasteiger partial charge in [-0.05, 0) is 6.92 Å². The average Bonchev–Trinajstić information content (AvgIpc) is 2.11. The van der Waals surface area contributed by atoms with E-state index in [1.165, 1.54) is 0 Å². The van der Waals surface area contributed by atoms with Gasteiger partial charge < -0.3 is 9.47 Å². The van der Waals surface area contributed by atoms with Crippen LogP contribution in [0.15, 0.2) is 0 Å². The van der Waals surface area contributed by atoms with Gasteiger partial charge in [0.1, 0.15) is 12.7 Å². The quantitative estimate of drug-likeness (QED) is 0.429. The average molecular weight is 266 g/mol. The Morgan fingerprint density at radius 2 is 1.88 bits per heavy atom. The molecule has 0 aromatic rings. The molecule has 0 heterocycles. The first-order valence-electron chi connectivity index (χ1n) is 3.80. The van der Waals surface area contributed by atoms with Gasteiger partial charge in [0.15, 0.2) is 0 Å². The van der Waals surface area contributed by atoms with Crippen LogP contribution in [0.5, 0.6) is 0 Å². The summed E-state index contributed by atoms with van der Waals surface area (Å²) in [7, 11) is -4.70. The SMILES string of the molecule is COC(=O)OCC(C)OS(=O)(=O)C(F)(F)F. The minimum absolute atomic E-state index is 0.679. The lowest BCUT2D eigenvalue weighted by Crippen LogP contribution is -2.31. The normalized spacial score (nSPS) is 14.3. The summed E-state index contributed by atoms with van der Waals surface area (Å²) in [5.41, 5.74) is -5.51. The highest BCUT2D eigenvalue weighted by Gasteiger charge is 2.48. The van der Waals surface area contributed by atoms with Crippen LogP contribution in [0.1, 0.15) is 6.92 Å². The van der Waals surface area contributed by atoms with Crippen molar-refractivity contribution in [1.29, 1.82) is 0 Å². The maximum Gasteiger partial charge on any atom is 0.523 e. The molecule has 0 saturated carbocycles. The van der Waals surface area contributed by atoms with Crippen molar-refractivity contribution < 1.29 is 40.0 Å². The van der Waals surface area contributed by atoms with Gasteiger partial charge in [-0.3, -0.25) is 4.18 Å². The smallest absolute Gasteiger partial charge is 0.438 e. The zero-order valence-corrected chi connectivity index (χ0v) is 9.09. The standard InChI is InChI=1S/C6H9F3O6S/c1-4(3-14-5(10)13-2)15-16(11,12)6(7,8)9/h4H,3H2,1-2H3. The van der Waals surface area contributed by atoms with Gasteiger partial charge in [-0.2, -0.15) is 21.6 Å². The molecule has 0 aromatic heterocycles. The topological polar surface area (TPSA) is 78.9 Å². The number of hydrogen-bond donors (Lipinski definition) is 0. The summed E-state index contributed by atoms with van der Waals surface area (Å²) in [6, 6.07) is 0. The lowest BCUT2D eigenvalue weighted by molar-refractivity contribution is -0.0590. The molecule has 0 N–H and O–H groups in total. The number of rotatable bonds is 4. The van der Waals surface area contributed by atoms with Crippen LogP contribution in [0.3, 0.4) is 0 Å². The summed E-state index contributed by atoms with van der Waals surface area (Å²) in [5, 5.41) is 0. The molecule has 0 aliphatic heterocycles. The predicted octanol–water partition coefficient (Wildman–Crippen LogP) is 1.02. The molecule has 0 aliphatic rings. The largest absolute Gasteiger partial charge is 0.523 e. The van der Waals surface area contributed by atoms with E-state index in [2.05, 4.69) is 13.7 Å². The van der Waals surface area contributed by atoms with Crippen molar-refractivity contribution in [2.45, 2.75) is 18.5 Å². The van der Waals surface area contributed by atoms with E-state index >= 15 is 0 Å². The monoisotopic (exact) mass is 266 g/mol. The van der Waals surface area contributed by atoms with E-state index in [0.29, 0.717) is 0 Å². The third-order valence-electron chi connectivity index (χ3n) is 1.18. The van der Waals surface area contributed by atoms with Crippen molar-refractivity contribution in [3.63, 3.8) is 0 Å². The first-order valence-corrected chi connectivity index (χ1v) is 5.21. The molecule has 0 spiro atoms. The minimum Gasteiger partial charge on any atom is -0.438 e. The van der Waals surface area contributed by atoms with E-state index in [-0.39, 0.29) is 0 Å². The molecule has 10 heteroatoms. The van der Waals surface area contributed by atoms with Crippen LogP contribution < -0.4 is 0 Å². The summed E-state index contributed by atoms with van der Waals surface area (Å²) >= 11 is 0. The van der Waals surface area contributed by atoms with Crippen LogP contribution in [0, 0.1) is 0 Å². The van der Waals surface area contributed by atoms with Crippen LogP contribution in [0.4, 0.5) is 18.0 Å². The molecule has 16 heavy (non-hydrogen) atoms. The molecular weight excluding hydrogens is 257 g/mol. The minimum atomic E-state index is -5.68. The van der Waals surface area contributed by atoms with Crippen LogP contribution in [0.2, 0.25) is 0 Å². The van der Waals surface area contributed by atoms with Crippen molar-refractivity contribution in [1.82, 2.24) is 0 Å². The summed E-state index contributed by atoms with van der Waals surface area (Å²) in [4.78, 5) is 10.4. The molecular formula is C6H9F3O6S. The summed E-state index contributed by atoms with van der Waals surface area (Å²) < 4.78 is 68.3. The lowest BCUT2D eigenvalue weighted by atomic mass is 10.4. The Labute approximate surface area is 89.4 Å². The number of halogens is 3. The first-order chi connectivity index (χ1) is 7.10. The van der Waals surface area contributed by atoms with E-state index < -0.39 is 34.5 Å². The molecule has 0 bridgehead atoms. The highest BCUT2D eigenvalue weighted by Crippen LogP contribution is 2.25. The van der Waals surface area contributed by atoms with Gasteiger partial charge in [0.2, 0.25) is 0 Å². The van der Waals surface area contributed by atoms with E-state index in [1.807, 2.05) is 0 Å². The first kappa shape index (κ1) is 15.0. The fourth-order valence-electron chi connectivity index (χ4n) is 0.543. The fourth-order valence-corrected chi connectivity index (χ4v) is 1.14. The molecule has 0 amide bonds. The van der Waals surface area contributed by atoms with Gasteiger partial charge >= 0.3 is 21.8 Å². The molecule has 0 radical (unpaired) electrons. The molecule has 0 aromatic carbocycles. The number of carbonyl (C=O) groups is 1. The van der Waals surface area contributed by atoms with Crippen LogP contribution in [-0.4, -0.2) is 39.9 Å². The Kier molecular flexibility index (Phi) is 5.00. The third kappa shape index (κ3) is 4.66. The molecule has 6 nitrogen and oxygen atoms in total. The molecule has 1 unspecified atom stereocenters. The van der Waals surface area contributed by atoms with Gasteiger partial charge in [-0.1, -0.05) is 0 Å². The molecule has 0 aliphatic carbocycles. The molecule has 0 saturated heterocycles. The molecule has 96 valence electrons. The van der Waals surface area contributed by atoms with E-state index in [9.17, 15) is 26.4 Å². The molecule has 1 atom stereocenters. The number of carbonyl (C=O) groups excluding carboxylic acids is 1. The fraction of sp³-hybridized carbons (Fsp3) is 0.833. The Morgan fingerprint density at radius 1 is 1.38 bits per heavy atom. The zero-order valence-electron chi connectivity index (χ0n) is 8.28. The molecule has 0 rings (SSSR count). The lowest BCUT2D eigenvalue weighted by Gasteiger charge is -2.13. The van der Waals surface area contributed by atoms with Crippen molar-refractivity contribution in [3.8, 4) is 0 Å². The van der Waals surface area contributed by atoms with Gasteiger partial charge in [0, 0.05) is 0 Å². The second kappa shape index (κ2) is 5.34. The van der Waals surface area contributed by atoms with Crippen molar-refractivity contribution in [2.75, 3.05) is 13.7 Å².